The molecule has 306 valence electrons. The fourth-order valence-corrected chi connectivity index (χ4v) is 13.1. The van der Waals surface area contributed by atoms with Crippen LogP contribution >= 0.6 is 11.6 Å². The number of aliphatic hydroxyl groups excluding tert-OH is 1. The van der Waals surface area contributed by atoms with Gasteiger partial charge in [-0.2, -0.15) is 0 Å². The second kappa shape index (κ2) is 16.2. The molecule has 1 saturated carbocycles. The van der Waals surface area contributed by atoms with E-state index in [0.29, 0.717) is 37.3 Å². The van der Waals surface area contributed by atoms with Gasteiger partial charge in [-0.1, -0.05) is 43.2 Å². The molecule has 1 amide bonds. The molecule has 0 aromatic heterocycles. The smallest absolute Gasteiger partial charge is 0.264 e. The molecule has 8 rings (SSSR count). The maximum absolute atomic E-state index is 14.1. The summed E-state index contributed by atoms with van der Waals surface area (Å²) in [5, 5.41) is 10.2. The van der Waals surface area contributed by atoms with Crippen LogP contribution in [-0.2, 0) is 26.6 Å². The summed E-state index contributed by atoms with van der Waals surface area (Å²) in [4.78, 5) is 21.6. The molecule has 56 heavy (non-hydrogen) atoms. The summed E-state index contributed by atoms with van der Waals surface area (Å²) in [6.07, 6.45) is 12.9. The number of carbonyl (C=O) groups excluding carboxylic acids is 1. The first-order valence-corrected chi connectivity index (χ1v) is 23.0. The number of aliphatic hydroxyl groups is 1. The number of nitrogens with one attached hydrogen (secondary N) is 1. The number of halogens is 1. The third-order valence-corrected chi connectivity index (χ3v) is 16.5. The number of allylic oxidation sites excluding steroid dienone is 1. The van der Waals surface area contributed by atoms with Crippen LogP contribution in [0.25, 0.3) is 0 Å². The molecule has 4 aliphatic heterocycles. The molecule has 2 aromatic carbocycles. The van der Waals surface area contributed by atoms with Gasteiger partial charge in [-0.15, -0.1) is 0 Å². The predicted molar refractivity (Wildman–Crippen MR) is 221 cm³/mol. The lowest BCUT2D eigenvalue weighted by Gasteiger charge is -2.53. The Bertz CT molecular complexity index is 1910. The van der Waals surface area contributed by atoms with Crippen LogP contribution < -0.4 is 14.4 Å². The molecule has 1 spiro atoms. The Balaban J connectivity index is 1.20. The number of piperidine rings is 1. The average molecular weight is 810 g/mol. The van der Waals surface area contributed by atoms with Crippen LogP contribution in [0.5, 0.6) is 5.75 Å². The zero-order valence-electron chi connectivity index (χ0n) is 33.4. The molecular weight excluding hydrogens is 748 g/mol. The van der Waals surface area contributed by atoms with Crippen LogP contribution in [0.1, 0.15) is 93.1 Å². The number of nitrogens with zero attached hydrogens (tertiary/aromatic N) is 3. The van der Waals surface area contributed by atoms with Gasteiger partial charge >= 0.3 is 0 Å². The number of carbonyl (C=O) groups is 1. The molecule has 2 N–H and O–H groups in total. The Morgan fingerprint density at radius 1 is 1.07 bits per heavy atom. The molecule has 2 bridgehead atoms. The summed E-state index contributed by atoms with van der Waals surface area (Å²) in [6, 6.07) is 12.2. The number of hydrogen-bond acceptors (Lipinski definition) is 9. The van der Waals surface area contributed by atoms with Crippen LogP contribution in [0.4, 0.5) is 5.69 Å². The molecule has 0 radical (unpaired) electrons. The molecule has 12 heteroatoms. The number of methoxy groups -OCH3 is 1. The highest BCUT2D eigenvalue weighted by Crippen LogP contribution is 2.49. The van der Waals surface area contributed by atoms with Crippen molar-refractivity contribution in [1.29, 1.82) is 0 Å². The van der Waals surface area contributed by atoms with Gasteiger partial charge in [-0.3, -0.25) is 14.6 Å². The van der Waals surface area contributed by atoms with Gasteiger partial charge in [0.25, 0.3) is 5.91 Å². The minimum Gasteiger partial charge on any atom is -0.490 e. The van der Waals surface area contributed by atoms with Crippen molar-refractivity contribution in [2.24, 2.45) is 17.8 Å². The van der Waals surface area contributed by atoms with Crippen molar-refractivity contribution in [1.82, 2.24) is 14.5 Å². The van der Waals surface area contributed by atoms with Gasteiger partial charge in [0.15, 0.2) is 0 Å². The maximum atomic E-state index is 14.1. The second-order valence-corrected chi connectivity index (χ2v) is 20.4. The molecule has 6 aliphatic rings. The number of ether oxygens (including phenoxy) is 2. The van der Waals surface area contributed by atoms with Crippen LogP contribution in [0.15, 0.2) is 48.6 Å². The Kier molecular flexibility index (Phi) is 11.6. The lowest BCUT2D eigenvalue weighted by atomic mass is 9.63. The SMILES string of the molecule is CO[C@]1(CN2CCN3CCCC[C@@H]3C2)/C=C\C[C@H](C)[C@@H](C[C@@H](C)O)S(=O)(=O)NC(=O)c2ccc3c(c2)N(C[C@@H]2CC[C@H]21)C[C@@]1(CCCc2cc(Cl)ccc21)CO3. The van der Waals surface area contributed by atoms with Gasteiger partial charge in [0.2, 0.25) is 10.0 Å². The van der Waals surface area contributed by atoms with Gasteiger partial charge in [0.05, 0.1) is 23.6 Å². The Hall–Kier alpha value is -2.67. The standard InChI is InChI=1S/C44H61ClN4O6S/c1-30-8-6-18-44(54-3,28-47-20-21-48-19-5-4-10-36(48)26-47)38-14-11-34(38)25-49-27-43(17-7-9-32-23-35(45)13-15-37(32)43)29-55-40-16-12-33(24-39(40)49)42(51)46-56(52,53)41(30)22-31(2)50/h6,12-13,15-16,18,23-24,30-31,34,36,38,41,50H,4-5,7-11,14,17,19-22,25-29H2,1-3H3,(H,46,51)/b18-6-/t30-,31+,34-,36+,38+,41+,43-,44-/m0/s1. The van der Waals surface area contributed by atoms with Gasteiger partial charge in [0.1, 0.15) is 11.4 Å². The second-order valence-electron chi connectivity index (χ2n) is 18.0. The summed E-state index contributed by atoms with van der Waals surface area (Å²) < 4.78 is 44.0. The third-order valence-electron chi connectivity index (χ3n) is 14.3. The van der Waals surface area contributed by atoms with Crippen molar-refractivity contribution in [3.8, 4) is 5.75 Å². The van der Waals surface area contributed by atoms with E-state index in [4.69, 9.17) is 21.1 Å². The van der Waals surface area contributed by atoms with Crippen molar-refractivity contribution < 1.29 is 27.8 Å². The number of anilines is 1. The number of amides is 1. The lowest BCUT2D eigenvalue weighted by Crippen LogP contribution is -2.61. The number of rotatable bonds is 5. The van der Waals surface area contributed by atoms with Crippen molar-refractivity contribution in [2.45, 2.75) is 106 Å². The monoisotopic (exact) mass is 808 g/mol. The first-order chi connectivity index (χ1) is 26.9. The topological polar surface area (TPSA) is 112 Å². The Labute approximate surface area is 339 Å². The number of benzene rings is 2. The quantitative estimate of drug-likeness (QED) is 0.342. The number of sulfonamides is 1. The highest BCUT2D eigenvalue weighted by atomic mass is 35.5. The van der Waals surface area contributed by atoms with E-state index in [1.807, 2.05) is 32.2 Å². The number of aryl methyl sites for hydroxylation is 1. The lowest BCUT2D eigenvalue weighted by molar-refractivity contribution is -0.100. The van der Waals surface area contributed by atoms with Crippen LogP contribution in [-0.4, -0.2) is 112 Å². The van der Waals surface area contributed by atoms with Crippen LogP contribution in [0.2, 0.25) is 5.02 Å². The Morgan fingerprint density at radius 2 is 1.93 bits per heavy atom. The van der Waals surface area contributed by atoms with E-state index >= 15 is 0 Å². The first-order valence-electron chi connectivity index (χ1n) is 21.1. The fourth-order valence-electron chi connectivity index (χ4n) is 11.2. The van der Waals surface area contributed by atoms with E-state index in [0.717, 1.165) is 75.5 Å². The molecule has 8 atom stereocenters. The zero-order valence-corrected chi connectivity index (χ0v) is 35.0. The predicted octanol–water partition coefficient (Wildman–Crippen LogP) is 6.19. The fraction of sp³-hybridized carbons (Fsp3) is 0.659. The van der Waals surface area contributed by atoms with E-state index in [2.05, 4.69) is 43.7 Å². The molecular formula is C44H61ClN4O6S. The molecule has 3 fully saturated rings. The van der Waals surface area contributed by atoms with Crippen molar-refractivity contribution in [3.05, 3.63) is 70.3 Å². The molecule has 0 unspecified atom stereocenters. The molecule has 4 heterocycles. The van der Waals surface area contributed by atoms with E-state index < -0.39 is 32.9 Å². The van der Waals surface area contributed by atoms with E-state index in [1.54, 1.807) is 13.0 Å². The van der Waals surface area contributed by atoms with E-state index in [1.165, 1.54) is 36.9 Å². The zero-order chi connectivity index (χ0) is 39.2. The van der Waals surface area contributed by atoms with Crippen LogP contribution in [0, 0.1) is 17.8 Å². The molecule has 2 saturated heterocycles. The number of fused-ring (bicyclic) bond motifs is 5. The van der Waals surface area contributed by atoms with Crippen LogP contribution in [0.3, 0.4) is 0 Å². The number of hydrogen-bond donors (Lipinski definition) is 2. The summed E-state index contributed by atoms with van der Waals surface area (Å²) in [7, 11) is -2.31. The Morgan fingerprint density at radius 3 is 2.71 bits per heavy atom. The highest BCUT2D eigenvalue weighted by Gasteiger charge is 2.50. The van der Waals surface area contributed by atoms with E-state index in [-0.39, 0.29) is 29.2 Å². The highest BCUT2D eigenvalue weighted by molar-refractivity contribution is 7.90. The summed E-state index contributed by atoms with van der Waals surface area (Å²) >= 11 is 6.53. The van der Waals surface area contributed by atoms with E-state index in [9.17, 15) is 18.3 Å². The van der Waals surface area contributed by atoms with Gasteiger partial charge in [-0.25, -0.2) is 13.1 Å². The van der Waals surface area contributed by atoms with Crippen molar-refractivity contribution in [3.63, 3.8) is 0 Å². The molecule has 10 nitrogen and oxygen atoms in total. The third kappa shape index (κ3) is 7.90. The minimum atomic E-state index is -4.16. The summed E-state index contributed by atoms with van der Waals surface area (Å²) in [6.45, 7) is 10.6. The summed E-state index contributed by atoms with van der Waals surface area (Å²) in [5.41, 5.74) is 2.76. The molecule has 2 aromatic rings. The van der Waals surface area contributed by atoms with Gasteiger partial charge in [0, 0.05) is 68.4 Å². The van der Waals surface area contributed by atoms with Gasteiger partial charge < -0.3 is 19.5 Å². The van der Waals surface area contributed by atoms with Crippen molar-refractivity contribution >= 4 is 33.2 Å². The normalized spacial score (nSPS) is 34.8. The minimum absolute atomic E-state index is 0.0178. The molecule has 2 aliphatic carbocycles. The summed E-state index contributed by atoms with van der Waals surface area (Å²) in [5.74, 6) is 0.215. The largest absolute Gasteiger partial charge is 0.490 e. The first kappa shape index (κ1) is 40.1. The average Bonchev–Trinajstić information content (AvgIpc) is 3.31. The van der Waals surface area contributed by atoms with Crippen molar-refractivity contribution in [2.75, 3.05) is 64.4 Å². The number of piperazine rings is 1. The maximum Gasteiger partial charge on any atom is 0.264 e. The van der Waals surface area contributed by atoms with Gasteiger partial charge in [-0.05, 0) is 130 Å².